The number of fused-ring (bicyclic) bond motifs is 1. The number of halogens is 1. The van der Waals surface area contributed by atoms with E-state index in [1.165, 1.54) is 0 Å². The molecule has 27 heavy (non-hydrogen) atoms. The van der Waals surface area contributed by atoms with Crippen LogP contribution in [0.3, 0.4) is 0 Å². The van der Waals surface area contributed by atoms with Crippen molar-refractivity contribution in [3.63, 3.8) is 0 Å². The number of ether oxygens (including phenoxy) is 1. The topological polar surface area (TPSA) is 62.7 Å². The molecule has 0 saturated carbocycles. The summed E-state index contributed by atoms with van der Waals surface area (Å²) < 4.78 is 5.41. The van der Waals surface area contributed by atoms with Gasteiger partial charge in [0.25, 0.3) is 5.91 Å². The smallest absolute Gasteiger partial charge is 0.259 e. The van der Waals surface area contributed by atoms with Crippen LogP contribution in [0.4, 0.5) is 5.69 Å². The highest BCUT2D eigenvalue weighted by atomic mass is 35.5. The predicted molar refractivity (Wildman–Crippen MR) is 111 cm³/mol. The maximum Gasteiger partial charge on any atom is 0.259 e. The monoisotopic (exact) mass is 381 g/mol. The second-order valence-corrected chi connectivity index (χ2v) is 6.37. The Hall–Kier alpha value is -3.05. The Kier molecular flexibility index (Phi) is 5.94. The summed E-state index contributed by atoms with van der Waals surface area (Å²) in [5.74, 6) is 0.434. The van der Waals surface area contributed by atoms with E-state index < -0.39 is 0 Å². The molecule has 0 bridgehead atoms. The molecule has 3 aromatic carbocycles. The van der Waals surface area contributed by atoms with Crippen LogP contribution in [-0.2, 0) is 4.79 Å². The van der Waals surface area contributed by atoms with E-state index in [0.717, 1.165) is 27.6 Å². The predicted octanol–water partition coefficient (Wildman–Crippen LogP) is 4.37. The first kappa shape index (κ1) is 18.7. The Bertz CT molecular complexity index is 1000. The molecule has 5 nitrogen and oxygen atoms in total. The van der Waals surface area contributed by atoms with Crippen LogP contribution in [0.5, 0.6) is 5.75 Å². The molecule has 0 spiro atoms. The lowest BCUT2D eigenvalue weighted by atomic mass is 10.0. The van der Waals surface area contributed by atoms with E-state index in [4.69, 9.17) is 16.3 Å². The molecule has 2 N–H and O–H groups in total. The molecule has 0 aliphatic carbocycles. The zero-order valence-electron chi connectivity index (χ0n) is 15.1. The average molecular weight is 382 g/mol. The number of benzene rings is 3. The highest BCUT2D eigenvalue weighted by molar-refractivity contribution is 6.31. The molecule has 3 aromatic rings. The molecular weight excluding hydrogens is 362 g/mol. The van der Waals surface area contributed by atoms with Crippen LogP contribution in [-0.4, -0.2) is 25.8 Å². The van der Waals surface area contributed by atoms with Crippen molar-refractivity contribution in [2.45, 2.75) is 6.92 Å². The van der Waals surface area contributed by atoms with Crippen LogP contribution < -0.4 is 15.5 Å². The first-order valence-corrected chi connectivity index (χ1v) is 8.84. The third-order valence-corrected chi connectivity index (χ3v) is 4.65. The van der Waals surface area contributed by atoms with E-state index in [9.17, 15) is 4.79 Å². The molecule has 3 rings (SSSR count). The van der Waals surface area contributed by atoms with Crippen LogP contribution in [0.15, 0.2) is 59.7 Å². The first-order chi connectivity index (χ1) is 13.1. The van der Waals surface area contributed by atoms with Gasteiger partial charge in [0, 0.05) is 16.3 Å². The molecule has 0 heterocycles. The summed E-state index contributed by atoms with van der Waals surface area (Å²) in [6.45, 7) is 1.98. The number of nitrogens with one attached hydrogen (secondary N) is 2. The summed E-state index contributed by atoms with van der Waals surface area (Å²) in [5.41, 5.74) is 5.06. The van der Waals surface area contributed by atoms with Gasteiger partial charge >= 0.3 is 0 Å². The van der Waals surface area contributed by atoms with E-state index >= 15 is 0 Å². The number of rotatable bonds is 6. The van der Waals surface area contributed by atoms with Gasteiger partial charge in [-0.2, -0.15) is 5.10 Å². The molecule has 138 valence electrons. The van der Waals surface area contributed by atoms with Gasteiger partial charge < -0.3 is 10.1 Å². The van der Waals surface area contributed by atoms with Crippen LogP contribution in [0.1, 0.15) is 11.1 Å². The number of hydrogen-bond acceptors (Lipinski definition) is 4. The summed E-state index contributed by atoms with van der Waals surface area (Å²) in [6, 6.07) is 17.3. The molecular formula is C21H20ClN3O2. The summed E-state index contributed by atoms with van der Waals surface area (Å²) in [4.78, 5) is 12.1. The van der Waals surface area contributed by atoms with Crippen molar-refractivity contribution in [3.05, 3.63) is 70.7 Å². The van der Waals surface area contributed by atoms with Gasteiger partial charge in [-0.05, 0) is 41.5 Å². The maximum absolute atomic E-state index is 12.1. The van der Waals surface area contributed by atoms with E-state index in [1.54, 1.807) is 13.3 Å². The molecule has 1 amide bonds. The second-order valence-electron chi connectivity index (χ2n) is 5.96. The fourth-order valence-corrected chi connectivity index (χ4v) is 2.94. The van der Waals surface area contributed by atoms with Gasteiger partial charge in [-0.3, -0.25) is 4.79 Å². The number of carbonyl (C=O) groups is 1. The minimum Gasteiger partial charge on any atom is -0.496 e. The summed E-state index contributed by atoms with van der Waals surface area (Å²) >= 11 is 6.08. The number of anilines is 1. The standard InChI is InChI=1S/C21H20ClN3O2/c1-14-18(22)8-5-9-19(14)23-13-21(26)25-24-12-17-16-7-4-3-6-15(16)10-11-20(17)27-2/h3-12,23H,13H2,1-2H3,(H,25,26)/b24-12+. The molecule has 0 fully saturated rings. The SMILES string of the molecule is COc1ccc2ccccc2c1/C=N/NC(=O)CNc1cccc(Cl)c1C. The molecule has 0 aliphatic rings. The third kappa shape index (κ3) is 4.38. The summed E-state index contributed by atoms with van der Waals surface area (Å²) in [6.07, 6.45) is 1.60. The maximum atomic E-state index is 12.1. The Morgan fingerprint density at radius 2 is 1.96 bits per heavy atom. The van der Waals surface area contributed by atoms with Gasteiger partial charge in [0.15, 0.2) is 0 Å². The van der Waals surface area contributed by atoms with Crippen molar-refractivity contribution in [2.24, 2.45) is 5.10 Å². The summed E-state index contributed by atoms with van der Waals surface area (Å²) in [7, 11) is 1.61. The molecule has 0 aliphatic heterocycles. The molecule has 0 aromatic heterocycles. The Morgan fingerprint density at radius 3 is 2.78 bits per heavy atom. The fourth-order valence-electron chi connectivity index (χ4n) is 2.77. The van der Waals surface area contributed by atoms with Crippen molar-refractivity contribution in [1.82, 2.24) is 5.43 Å². The van der Waals surface area contributed by atoms with Crippen molar-refractivity contribution < 1.29 is 9.53 Å². The third-order valence-electron chi connectivity index (χ3n) is 4.24. The lowest BCUT2D eigenvalue weighted by Crippen LogP contribution is -2.26. The van der Waals surface area contributed by atoms with Gasteiger partial charge in [-0.15, -0.1) is 0 Å². The minimum absolute atomic E-state index is 0.0885. The van der Waals surface area contributed by atoms with Gasteiger partial charge in [-0.1, -0.05) is 48.0 Å². The highest BCUT2D eigenvalue weighted by Crippen LogP contribution is 2.26. The fraction of sp³-hybridized carbons (Fsp3) is 0.143. The largest absolute Gasteiger partial charge is 0.496 e. The quantitative estimate of drug-likeness (QED) is 0.492. The number of nitrogens with zero attached hydrogens (tertiary/aromatic N) is 1. The lowest BCUT2D eigenvalue weighted by Gasteiger charge is -2.10. The van der Waals surface area contributed by atoms with Crippen molar-refractivity contribution in [3.8, 4) is 5.75 Å². The van der Waals surface area contributed by atoms with E-state index in [0.29, 0.717) is 10.8 Å². The van der Waals surface area contributed by atoms with E-state index in [2.05, 4.69) is 15.8 Å². The molecule has 0 saturated heterocycles. The minimum atomic E-state index is -0.259. The molecule has 0 unspecified atom stereocenters. The number of hydrazone groups is 1. The number of methoxy groups -OCH3 is 1. The van der Waals surface area contributed by atoms with Crippen molar-refractivity contribution in [1.29, 1.82) is 0 Å². The van der Waals surface area contributed by atoms with Crippen molar-refractivity contribution >= 4 is 40.2 Å². The first-order valence-electron chi connectivity index (χ1n) is 8.47. The van der Waals surface area contributed by atoms with Crippen LogP contribution in [0.2, 0.25) is 5.02 Å². The lowest BCUT2D eigenvalue weighted by molar-refractivity contribution is -0.119. The summed E-state index contributed by atoms with van der Waals surface area (Å²) in [5, 5.41) is 9.87. The van der Waals surface area contributed by atoms with Gasteiger partial charge in [0.2, 0.25) is 0 Å². The Balaban J connectivity index is 1.68. The van der Waals surface area contributed by atoms with Gasteiger partial charge in [0.1, 0.15) is 5.75 Å². The van der Waals surface area contributed by atoms with Crippen LogP contribution in [0.25, 0.3) is 10.8 Å². The normalized spacial score (nSPS) is 10.9. The highest BCUT2D eigenvalue weighted by Gasteiger charge is 2.07. The zero-order chi connectivity index (χ0) is 19.2. The van der Waals surface area contributed by atoms with E-state index in [1.807, 2.05) is 61.5 Å². The van der Waals surface area contributed by atoms with Crippen molar-refractivity contribution in [2.75, 3.05) is 19.0 Å². The number of hydrogen-bond donors (Lipinski definition) is 2. The van der Waals surface area contributed by atoms with Crippen LogP contribution >= 0.6 is 11.6 Å². The Labute approximate surface area is 163 Å². The van der Waals surface area contributed by atoms with E-state index in [-0.39, 0.29) is 12.5 Å². The Morgan fingerprint density at radius 1 is 1.15 bits per heavy atom. The van der Waals surface area contributed by atoms with Crippen LogP contribution in [0, 0.1) is 6.92 Å². The molecule has 0 atom stereocenters. The molecule has 0 radical (unpaired) electrons. The van der Waals surface area contributed by atoms with Gasteiger partial charge in [-0.25, -0.2) is 5.43 Å². The molecule has 6 heteroatoms. The number of amides is 1. The average Bonchev–Trinajstić information content (AvgIpc) is 2.69. The second kappa shape index (κ2) is 8.56. The zero-order valence-corrected chi connectivity index (χ0v) is 15.9. The van der Waals surface area contributed by atoms with Gasteiger partial charge in [0.05, 0.1) is 19.9 Å². The number of carbonyl (C=O) groups excluding carboxylic acids is 1.